The van der Waals surface area contributed by atoms with Crippen LogP contribution in [0.4, 0.5) is 11.4 Å². The van der Waals surface area contributed by atoms with Crippen molar-refractivity contribution in [1.29, 1.82) is 0 Å². The quantitative estimate of drug-likeness (QED) is 0.817. The van der Waals surface area contributed by atoms with Gasteiger partial charge >= 0.3 is 0 Å². The SMILES string of the molecule is Cc1cc(Cl)c(NC(=O)CCc2ccc(N)cc2)cc1Cl. The van der Waals surface area contributed by atoms with E-state index >= 15 is 0 Å². The Bertz CT molecular complexity index is 654. The van der Waals surface area contributed by atoms with Gasteiger partial charge in [-0.2, -0.15) is 0 Å². The largest absolute Gasteiger partial charge is 0.399 e. The molecule has 2 aromatic carbocycles. The topological polar surface area (TPSA) is 55.1 Å². The first-order valence-electron chi connectivity index (χ1n) is 6.55. The Morgan fingerprint density at radius 2 is 1.81 bits per heavy atom. The molecule has 0 aliphatic rings. The number of anilines is 2. The monoisotopic (exact) mass is 322 g/mol. The van der Waals surface area contributed by atoms with Crippen molar-refractivity contribution in [1.82, 2.24) is 0 Å². The van der Waals surface area contributed by atoms with Gasteiger partial charge in [-0.3, -0.25) is 4.79 Å². The van der Waals surface area contributed by atoms with Crippen LogP contribution in [0, 0.1) is 6.92 Å². The molecule has 2 aromatic rings. The summed E-state index contributed by atoms with van der Waals surface area (Å²) in [7, 11) is 0. The average Bonchev–Trinajstić information content (AvgIpc) is 2.44. The molecule has 0 saturated heterocycles. The van der Waals surface area contributed by atoms with Crippen molar-refractivity contribution in [2.24, 2.45) is 0 Å². The van der Waals surface area contributed by atoms with Crippen molar-refractivity contribution in [3.63, 3.8) is 0 Å². The highest BCUT2D eigenvalue weighted by Gasteiger charge is 2.08. The summed E-state index contributed by atoms with van der Waals surface area (Å²) >= 11 is 12.1. The van der Waals surface area contributed by atoms with E-state index < -0.39 is 0 Å². The molecule has 0 unspecified atom stereocenters. The number of carbonyl (C=O) groups is 1. The molecule has 0 aromatic heterocycles. The van der Waals surface area contributed by atoms with Gasteiger partial charge in [0.15, 0.2) is 0 Å². The highest BCUT2D eigenvalue weighted by atomic mass is 35.5. The third kappa shape index (κ3) is 4.38. The van der Waals surface area contributed by atoms with E-state index in [1.165, 1.54) is 0 Å². The molecule has 3 N–H and O–H groups in total. The molecule has 5 heteroatoms. The van der Waals surface area contributed by atoms with Gasteiger partial charge in [-0.05, 0) is 48.7 Å². The van der Waals surface area contributed by atoms with Crippen LogP contribution in [0.25, 0.3) is 0 Å². The van der Waals surface area contributed by atoms with Crippen LogP contribution in [-0.2, 0) is 11.2 Å². The van der Waals surface area contributed by atoms with Crippen LogP contribution in [0.5, 0.6) is 0 Å². The molecule has 0 spiro atoms. The molecule has 2 rings (SSSR count). The molecule has 110 valence electrons. The lowest BCUT2D eigenvalue weighted by atomic mass is 10.1. The van der Waals surface area contributed by atoms with Gasteiger partial charge in [-0.25, -0.2) is 0 Å². The number of amides is 1. The molecule has 0 aliphatic carbocycles. The van der Waals surface area contributed by atoms with Gasteiger partial charge in [0.25, 0.3) is 0 Å². The first-order valence-corrected chi connectivity index (χ1v) is 7.31. The van der Waals surface area contributed by atoms with Crippen LogP contribution in [0.15, 0.2) is 36.4 Å². The van der Waals surface area contributed by atoms with Gasteiger partial charge in [0.05, 0.1) is 10.7 Å². The first kappa shape index (κ1) is 15.7. The number of halogens is 2. The maximum atomic E-state index is 12.0. The number of benzene rings is 2. The zero-order valence-corrected chi connectivity index (χ0v) is 13.1. The number of nitrogens with two attached hydrogens (primary N) is 1. The van der Waals surface area contributed by atoms with Gasteiger partial charge in [0.2, 0.25) is 5.91 Å². The Morgan fingerprint density at radius 1 is 1.14 bits per heavy atom. The van der Waals surface area contributed by atoms with Crippen LogP contribution in [0.2, 0.25) is 10.0 Å². The summed E-state index contributed by atoms with van der Waals surface area (Å²) in [5, 5.41) is 3.84. The minimum atomic E-state index is -0.103. The third-order valence-corrected chi connectivity index (χ3v) is 3.86. The molecular formula is C16H16Cl2N2O. The van der Waals surface area contributed by atoms with Gasteiger partial charge in [-0.15, -0.1) is 0 Å². The van der Waals surface area contributed by atoms with Crippen molar-refractivity contribution in [2.45, 2.75) is 19.8 Å². The Hall–Kier alpha value is -1.71. The first-order chi connectivity index (χ1) is 9.95. The number of nitrogens with one attached hydrogen (secondary N) is 1. The summed E-state index contributed by atoms with van der Waals surface area (Å²) in [5.74, 6) is -0.103. The van der Waals surface area contributed by atoms with E-state index in [1.807, 2.05) is 31.2 Å². The van der Waals surface area contributed by atoms with Crippen LogP contribution < -0.4 is 11.1 Å². The highest BCUT2D eigenvalue weighted by Crippen LogP contribution is 2.28. The summed E-state index contributed by atoms with van der Waals surface area (Å²) in [6.07, 6.45) is 1.01. The lowest BCUT2D eigenvalue weighted by Gasteiger charge is -2.09. The zero-order valence-electron chi connectivity index (χ0n) is 11.6. The van der Waals surface area contributed by atoms with Crippen molar-refractivity contribution < 1.29 is 4.79 Å². The fourth-order valence-corrected chi connectivity index (χ4v) is 2.33. The number of aryl methyl sites for hydroxylation is 2. The summed E-state index contributed by atoms with van der Waals surface area (Å²) in [6, 6.07) is 10.9. The number of nitrogen functional groups attached to an aromatic ring is 1. The number of carbonyl (C=O) groups excluding carboxylic acids is 1. The molecule has 0 saturated carbocycles. The van der Waals surface area contributed by atoms with E-state index in [0.29, 0.717) is 34.3 Å². The van der Waals surface area contributed by atoms with E-state index in [4.69, 9.17) is 28.9 Å². The fourth-order valence-electron chi connectivity index (χ4n) is 1.90. The molecule has 0 fully saturated rings. The van der Waals surface area contributed by atoms with Crippen molar-refractivity contribution in [3.8, 4) is 0 Å². The molecule has 0 bridgehead atoms. The van der Waals surface area contributed by atoms with Crippen LogP contribution in [-0.4, -0.2) is 5.91 Å². The number of rotatable bonds is 4. The standard InChI is InChI=1S/C16H16Cl2N2O/c1-10-8-14(18)15(9-13(10)17)20-16(21)7-4-11-2-5-12(19)6-3-11/h2-3,5-6,8-9H,4,7,19H2,1H3,(H,20,21). The molecular weight excluding hydrogens is 307 g/mol. The Morgan fingerprint density at radius 3 is 2.48 bits per heavy atom. The fraction of sp³-hybridized carbons (Fsp3) is 0.188. The lowest BCUT2D eigenvalue weighted by Crippen LogP contribution is -2.12. The highest BCUT2D eigenvalue weighted by molar-refractivity contribution is 6.36. The van der Waals surface area contributed by atoms with Gasteiger partial charge in [0, 0.05) is 17.1 Å². The van der Waals surface area contributed by atoms with Crippen molar-refractivity contribution in [3.05, 3.63) is 57.6 Å². The predicted molar refractivity (Wildman–Crippen MR) is 89.0 cm³/mol. The van der Waals surface area contributed by atoms with Crippen LogP contribution in [0.3, 0.4) is 0 Å². The number of hydrogen-bond donors (Lipinski definition) is 2. The van der Waals surface area contributed by atoms with E-state index in [-0.39, 0.29) is 5.91 Å². The summed E-state index contributed by atoms with van der Waals surface area (Å²) < 4.78 is 0. The lowest BCUT2D eigenvalue weighted by molar-refractivity contribution is -0.116. The maximum Gasteiger partial charge on any atom is 0.224 e. The van der Waals surface area contributed by atoms with E-state index in [0.717, 1.165) is 11.1 Å². The summed E-state index contributed by atoms with van der Waals surface area (Å²) in [5.41, 5.74) is 8.81. The second kappa shape index (κ2) is 6.83. The molecule has 0 heterocycles. The van der Waals surface area contributed by atoms with E-state index in [2.05, 4.69) is 5.32 Å². The molecule has 1 amide bonds. The Kier molecular flexibility index (Phi) is 5.10. The van der Waals surface area contributed by atoms with Crippen LogP contribution >= 0.6 is 23.2 Å². The number of hydrogen-bond acceptors (Lipinski definition) is 2. The predicted octanol–water partition coefficient (Wildman–Crippen LogP) is 4.46. The van der Waals surface area contributed by atoms with Gasteiger partial charge < -0.3 is 11.1 Å². The molecule has 21 heavy (non-hydrogen) atoms. The summed E-state index contributed by atoms with van der Waals surface area (Å²) in [4.78, 5) is 12.0. The molecule has 0 aliphatic heterocycles. The van der Waals surface area contributed by atoms with Gasteiger partial charge in [-0.1, -0.05) is 35.3 Å². The normalized spacial score (nSPS) is 10.4. The third-order valence-electron chi connectivity index (χ3n) is 3.14. The molecule has 3 nitrogen and oxygen atoms in total. The second-order valence-corrected chi connectivity index (χ2v) is 5.69. The maximum absolute atomic E-state index is 12.0. The second-order valence-electron chi connectivity index (χ2n) is 4.87. The Balaban J connectivity index is 1.96. The van der Waals surface area contributed by atoms with Crippen molar-refractivity contribution >= 4 is 40.5 Å². The minimum Gasteiger partial charge on any atom is -0.399 e. The average molecular weight is 323 g/mol. The van der Waals surface area contributed by atoms with Crippen molar-refractivity contribution in [2.75, 3.05) is 11.1 Å². The molecule has 0 atom stereocenters. The van der Waals surface area contributed by atoms with E-state index in [9.17, 15) is 4.79 Å². The smallest absolute Gasteiger partial charge is 0.224 e. The van der Waals surface area contributed by atoms with Crippen LogP contribution in [0.1, 0.15) is 17.5 Å². The van der Waals surface area contributed by atoms with E-state index in [1.54, 1.807) is 12.1 Å². The summed E-state index contributed by atoms with van der Waals surface area (Å²) in [6.45, 7) is 1.86. The minimum absolute atomic E-state index is 0.103. The van der Waals surface area contributed by atoms with Gasteiger partial charge in [0.1, 0.15) is 0 Å². The molecule has 0 radical (unpaired) electrons. The zero-order chi connectivity index (χ0) is 15.4. The Labute approximate surface area is 134 Å².